The molecular formula is C20H34O. The van der Waals surface area contributed by atoms with E-state index in [4.69, 9.17) is 5.11 Å². The van der Waals surface area contributed by atoms with Gasteiger partial charge in [0.15, 0.2) is 0 Å². The minimum Gasteiger partial charge on any atom is -0.392 e. The van der Waals surface area contributed by atoms with Crippen LogP contribution < -0.4 is 0 Å². The van der Waals surface area contributed by atoms with Gasteiger partial charge in [-0.1, -0.05) is 48.3 Å². The van der Waals surface area contributed by atoms with Crippen LogP contribution in [0.15, 0.2) is 34.4 Å². The van der Waals surface area contributed by atoms with E-state index in [9.17, 15) is 0 Å². The number of aliphatic hydroxyl groups is 1. The largest absolute Gasteiger partial charge is 0.392 e. The van der Waals surface area contributed by atoms with Gasteiger partial charge in [0, 0.05) is 0 Å². The van der Waals surface area contributed by atoms with Gasteiger partial charge in [-0.2, -0.15) is 0 Å². The van der Waals surface area contributed by atoms with Gasteiger partial charge in [-0.05, 0) is 71.1 Å². The van der Waals surface area contributed by atoms with Crippen LogP contribution in [0, 0.1) is 5.41 Å². The van der Waals surface area contributed by atoms with Crippen LogP contribution >= 0.6 is 0 Å². The van der Waals surface area contributed by atoms with E-state index >= 15 is 0 Å². The summed E-state index contributed by atoms with van der Waals surface area (Å²) in [5.74, 6) is 0. The van der Waals surface area contributed by atoms with Crippen molar-refractivity contribution in [2.45, 2.75) is 79.6 Å². The van der Waals surface area contributed by atoms with E-state index in [1.807, 2.05) is 6.08 Å². The maximum Gasteiger partial charge on any atom is 0.0614 e. The smallest absolute Gasteiger partial charge is 0.0614 e. The summed E-state index contributed by atoms with van der Waals surface area (Å²) in [6, 6.07) is 0. The first-order valence-corrected chi connectivity index (χ1v) is 8.48. The van der Waals surface area contributed by atoms with E-state index in [-0.39, 0.29) is 6.61 Å². The number of hydrogen-bond acceptors (Lipinski definition) is 1. The zero-order valence-electron chi connectivity index (χ0n) is 14.8. The summed E-state index contributed by atoms with van der Waals surface area (Å²) in [4.78, 5) is 0. The molecule has 0 amide bonds. The Hall–Kier alpha value is -0.820. The Morgan fingerprint density at radius 1 is 1.14 bits per heavy atom. The summed E-state index contributed by atoms with van der Waals surface area (Å²) < 4.78 is 0. The van der Waals surface area contributed by atoms with Crippen LogP contribution in [0.3, 0.4) is 0 Å². The predicted molar refractivity (Wildman–Crippen MR) is 93.4 cm³/mol. The molecule has 0 saturated heterocycles. The van der Waals surface area contributed by atoms with Gasteiger partial charge in [0.2, 0.25) is 0 Å². The Kier molecular flexibility index (Phi) is 7.45. The lowest BCUT2D eigenvalue weighted by Crippen LogP contribution is -2.20. The third-order valence-electron chi connectivity index (χ3n) is 4.93. The van der Waals surface area contributed by atoms with Crippen molar-refractivity contribution in [1.29, 1.82) is 0 Å². The molecule has 1 heteroatoms. The second-order valence-electron chi connectivity index (χ2n) is 7.32. The maximum absolute atomic E-state index is 8.85. The van der Waals surface area contributed by atoms with E-state index in [1.165, 1.54) is 43.3 Å². The van der Waals surface area contributed by atoms with E-state index in [2.05, 4.69) is 40.7 Å². The Labute approximate surface area is 131 Å². The molecule has 1 rings (SSSR count). The molecule has 1 aliphatic carbocycles. The molecule has 0 aromatic carbocycles. The first-order valence-electron chi connectivity index (χ1n) is 8.48. The normalized spacial score (nSPS) is 20.1. The van der Waals surface area contributed by atoms with Crippen LogP contribution in [0.5, 0.6) is 0 Å². The molecule has 0 saturated carbocycles. The van der Waals surface area contributed by atoms with Crippen LogP contribution in [0.4, 0.5) is 0 Å². The third-order valence-corrected chi connectivity index (χ3v) is 4.93. The van der Waals surface area contributed by atoms with Crippen molar-refractivity contribution in [2.24, 2.45) is 5.41 Å². The fourth-order valence-corrected chi connectivity index (χ4v) is 3.46. The Morgan fingerprint density at radius 3 is 2.43 bits per heavy atom. The highest BCUT2D eigenvalue weighted by Crippen LogP contribution is 2.42. The summed E-state index contributed by atoms with van der Waals surface area (Å²) in [6.07, 6.45) is 12.8. The first kappa shape index (κ1) is 18.2. The molecule has 0 unspecified atom stereocenters. The molecular weight excluding hydrogens is 256 g/mol. The first-order chi connectivity index (χ1) is 9.86. The Morgan fingerprint density at radius 2 is 1.81 bits per heavy atom. The standard InChI is InChI=1S/C20H34O/c1-16(8-6-9-17(2)13-15-21)11-12-19-18(3)10-7-14-20(19,4)5/h8,13,21H,6-7,9-12,14-15H2,1-5H3/b16-8-,17-13+. The molecule has 1 N–H and O–H groups in total. The highest BCUT2D eigenvalue weighted by molar-refractivity contribution is 5.23. The van der Waals surface area contributed by atoms with Gasteiger partial charge in [-0.25, -0.2) is 0 Å². The quantitative estimate of drug-likeness (QED) is 0.574. The number of hydrogen-bond donors (Lipinski definition) is 1. The van der Waals surface area contributed by atoms with Gasteiger partial charge in [0.25, 0.3) is 0 Å². The average Bonchev–Trinajstić information content (AvgIpc) is 2.37. The molecule has 0 fully saturated rings. The van der Waals surface area contributed by atoms with Crippen LogP contribution in [-0.4, -0.2) is 11.7 Å². The van der Waals surface area contributed by atoms with E-state index in [0.29, 0.717) is 5.41 Å². The molecule has 0 aromatic rings. The molecule has 0 aromatic heterocycles. The van der Waals surface area contributed by atoms with Crippen LogP contribution in [0.25, 0.3) is 0 Å². The molecule has 21 heavy (non-hydrogen) atoms. The molecule has 0 radical (unpaired) electrons. The van der Waals surface area contributed by atoms with Crippen LogP contribution in [0.1, 0.15) is 79.6 Å². The van der Waals surface area contributed by atoms with Gasteiger partial charge >= 0.3 is 0 Å². The fraction of sp³-hybridized carbons (Fsp3) is 0.700. The fourth-order valence-electron chi connectivity index (χ4n) is 3.46. The van der Waals surface area contributed by atoms with Crippen molar-refractivity contribution < 1.29 is 5.11 Å². The monoisotopic (exact) mass is 290 g/mol. The van der Waals surface area contributed by atoms with Crippen molar-refractivity contribution in [3.63, 3.8) is 0 Å². The molecule has 0 bridgehead atoms. The van der Waals surface area contributed by atoms with Gasteiger partial charge in [0.05, 0.1) is 6.61 Å². The van der Waals surface area contributed by atoms with Gasteiger partial charge in [-0.15, -0.1) is 0 Å². The minimum atomic E-state index is 0.164. The van der Waals surface area contributed by atoms with E-state index in [1.54, 1.807) is 11.1 Å². The van der Waals surface area contributed by atoms with Gasteiger partial charge in [-0.3, -0.25) is 0 Å². The lowest BCUT2D eigenvalue weighted by atomic mass is 9.71. The third kappa shape index (κ3) is 6.22. The molecule has 0 atom stereocenters. The lowest BCUT2D eigenvalue weighted by molar-refractivity contribution is 0.341. The Balaban J connectivity index is 2.48. The predicted octanol–water partition coefficient (Wildman–Crippen LogP) is 5.96. The summed E-state index contributed by atoms with van der Waals surface area (Å²) in [7, 11) is 0. The number of allylic oxidation sites excluding steroid dienone is 5. The molecule has 120 valence electrons. The van der Waals surface area contributed by atoms with Crippen molar-refractivity contribution >= 4 is 0 Å². The molecule has 0 spiro atoms. The number of rotatable bonds is 7. The maximum atomic E-state index is 8.85. The van der Waals surface area contributed by atoms with Crippen LogP contribution in [-0.2, 0) is 0 Å². The molecule has 1 nitrogen and oxygen atoms in total. The van der Waals surface area contributed by atoms with E-state index < -0.39 is 0 Å². The zero-order chi connectivity index (χ0) is 15.9. The van der Waals surface area contributed by atoms with Crippen molar-refractivity contribution in [2.75, 3.05) is 6.61 Å². The summed E-state index contributed by atoms with van der Waals surface area (Å²) in [5.41, 5.74) is 6.55. The van der Waals surface area contributed by atoms with Gasteiger partial charge in [0.1, 0.15) is 0 Å². The Bertz CT molecular complexity index is 421. The van der Waals surface area contributed by atoms with Gasteiger partial charge < -0.3 is 5.11 Å². The molecule has 1 aliphatic rings. The molecule has 0 heterocycles. The SMILES string of the molecule is CC1=C(CC/C(C)=C\CC/C(C)=C/CO)C(C)(C)CCC1. The highest BCUT2D eigenvalue weighted by Gasteiger charge is 2.27. The van der Waals surface area contributed by atoms with Crippen LogP contribution in [0.2, 0.25) is 0 Å². The summed E-state index contributed by atoms with van der Waals surface area (Å²) in [6.45, 7) is 11.7. The molecule has 0 aliphatic heterocycles. The van der Waals surface area contributed by atoms with Crippen molar-refractivity contribution in [3.05, 3.63) is 34.4 Å². The minimum absolute atomic E-state index is 0.164. The van der Waals surface area contributed by atoms with Crippen molar-refractivity contribution in [3.8, 4) is 0 Å². The second kappa shape index (κ2) is 8.58. The topological polar surface area (TPSA) is 20.2 Å². The van der Waals surface area contributed by atoms with Crippen molar-refractivity contribution in [1.82, 2.24) is 0 Å². The lowest BCUT2D eigenvalue weighted by Gasteiger charge is -2.35. The zero-order valence-corrected chi connectivity index (χ0v) is 14.8. The summed E-state index contributed by atoms with van der Waals surface area (Å²) in [5, 5.41) is 8.85. The second-order valence-corrected chi connectivity index (χ2v) is 7.32. The van der Waals surface area contributed by atoms with E-state index in [0.717, 1.165) is 12.8 Å². The average molecular weight is 290 g/mol. The highest BCUT2D eigenvalue weighted by atomic mass is 16.2. The summed E-state index contributed by atoms with van der Waals surface area (Å²) >= 11 is 0. The number of aliphatic hydroxyl groups excluding tert-OH is 1.